The monoisotopic (exact) mass is 284 g/mol. The summed E-state index contributed by atoms with van der Waals surface area (Å²) < 4.78 is 11.3. The molecule has 1 spiro atoms. The molecule has 108 valence electrons. The van der Waals surface area contributed by atoms with Crippen molar-refractivity contribution in [2.75, 3.05) is 32.1 Å². The Morgan fingerprint density at radius 2 is 2.11 bits per heavy atom. The van der Waals surface area contributed by atoms with E-state index in [-0.39, 0.29) is 5.54 Å². The minimum atomic E-state index is 0.258. The first kappa shape index (κ1) is 13.7. The van der Waals surface area contributed by atoms with Crippen molar-refractivity contribution in [1.82, 2.24) is 5.32 Å². The first-order valence-electron chi connectivity index (χ1n) is 7.51. The van der Waals surface area contributed by atoms with Crippen molar-refractivity contribution in [3.05, 3.63) is 0 Å². The highest BCUT2D eigenvalue weighted by Gasteiger charge is 2.38. The third kappa shape index (κ3) is 3.64. The SMILES string of the molecule is C1CCC(OCCN=C2NC3(CCOCC3)CS2)C1. The number of thioether (sulfide) groups is 1. The van der Waals surface area contributed by atoms with E-state index in [9.17, 15) is 0 Å². The number of amidine groups is 1. The maximum Gasteiger partial charge on any atom is 0.157 e. The van der Waals surface area contributed by atoms with Gasteiger partial charge in [-0.25, -0.2) is 0 Å². The van der Waals surface area contributed by atoms with Crippen molar-refractivity contribution in [3.8, 4) is 0 Å². The van der Waals surface area contributed by atoms with Crippen molar-refractivity contribution >= 4 is 16.9 Å². The van der Waals surface area contributed by atoms with E-state index in [4.69, 9.17) is 9.47 Å². The van der Waals surface area contributed by atoms with Gasteiger partial charge in [0.15, 0.2) is 5.17 Å². The molecule has 2 saturated heterocycles. The summed E-state index contributed by atoms with van der Waals surface area (Å²) in [6.45, 7) is 3.32. The molecule has 0 amide bonds. The van der Waals surface area contributed by atoms with Crippen LogP contribution < -0.4 is 5.32 Å². The van der Waals surface area contributed by atoms with Gasteiger partial charge < -0.3 is 14.8 Å². The topological polar surface area (TPSA) is 42.8 Å². The van der Waals surface area contributed by atoms with Gasteiger partial charge in [-0.2, -0.15) is 0 Å². The Morgan fingerprint density at radius 1 is 1.32 bits per heavy atom. The van der Waals surface area contributed by atoms with E-state index < -0.39 is 0 Å². The molecule has 0 bridgehead atoms. The quantitative estimate of drug-likeness (QED) is 0.804. The van der Waals surface area contributed by atoms with E-state index >= 15 is 0 Å². The fraction of sp³-hybridized carbons (Fsp3) is 0.929. The molecule has 19 heavy (non-hydrogen) atoms. The van der Waals surface area contributed by atoms with Crippen LogP contribution >= 0.6 is 11.8 Å². The zero-order chi connectivity index (χ0) is 13.0. The fourth-order valence-corrected chi connectivity index (χ4v) is 4.29. The number of aliphatic imine (C=N–C) groups is 1. The average molecular weight is 284 g/mol. The molecule has 0 atom stereocenters. The summed E-state index contributed by atoms with van der Waals surface area (Å²) in [5.41, 5.74) is 0.258. The second-order valence-corrected chi connectivity index (χ2v) is 6.73. The van der Waals surface area contributed by atoms with Gasteiger partial charge in [0.2, 0.25) is 0 Å². The Kier molecular flexibility index (Phi) is 4.66. The number of nitrogens with zero attached hydrogens (tertiary/aromatic N) is 1. The summed E-state index contributed by atoms with van der Waals surface area (Å²) in [6.07, 6.45) is 7.88. The van der Waals surface area contributed by atoms with Crippen LogP contribution in [0.2, 0.25) is 0 Å². The van der Waals surface area contributed by atoms with Gasteiger partial charge in [-0.05, 0) is 25.7 Å². The van der Waals surface area contributed by atoms with Gasteiger partial charge in [0.05, 0.1) is 24.8 Å². The van der Waals surface area contributed by atoms with E-state index in [0.29, 0.717) is 6.10 Å². The number of hydrogen-bond donors (Lipinski definition) is 1. The lowest BCUT2D eigenvalue weighted by Gasteiger charge is -2.32. The predicted molar refractivity (Wildman–Crippen MR) is 78.9 cm³/mol. The molecule has 4 nitrogen and oxygen atoms in total. The number of ether oxygens (including phenoxy) is 2. The zero-order valence-electron chi connectivity index (χ0n) is 11.5. The highest BCUT2D eigenvalue weighted by atomic mass is 32.2. The Bertz CT molecular complexity index is 323. The van der Waals surface area contributed by atoms with Crippen molar-refractivity contribution < 1.29 is 9.47 Å². The van der Waals surface area contributed by atoms with E-state index in [1.54, 1.807) is 0 Å². The van der Waals surface area contributed by atoms with Crippen LogP contribution in [0.25, 0.3) is 0 Å². The minimum Gasteiger partial charge on any atom is -0.381 e. The predicted octanol–water partition coefficient (Wildman–Crippen LogP) is 2.19. The third-order valence-corrected chi connectivity index (χ3v) is 5.51. The van der Waals surface area contributed by atoms with Gasteiger partial charge in [-0.1, -0.05) is 24.6 Å². The van der Waals surface area contributed by atoms with E-state index in [1.807, 2.05) is 11.8 Å². The summed E-state index contributed by atoms with van der Waals surface area (Å²) in [6, 6.07) is 0. The Labute approximate surface area is 119 Å². The molecule has 0 aromatic carbocycles. The Morgan fingerprint density at radius 3 is 2.89 bits per heavy atom. The summed E-state index contributed by atoms with van der Waals surface area (Å²) in [7, 11) is 0. The highest BCUT2D eigenvalue weighted by molar-refractivity contribution is 8.14. The van der Waals surface area contributed by atoms with Crippen LogP contribution in [0.1, 0.15) is 38.5 Å². The normalized spacial score (nSPS) is 29.2. The number of hydrogen-bond acceptors (Lipinski definition) is 4. The third-order valence-electron chi connectivity index (χ3n) is 4.31. The lowest BCUT2D eigenvalue weighted by atomic mass is 9.93. The number of nitrogens with one attached hydrogen (secondary N) is 1. The molecular weight excluding hydrogens is 260 g/mol. The largest absolute Gasteiger partial charge is 0.381 e. The van der Waals surface area contributed by atoms with Crippen LogP contribution in [-0.2, 0) is 9.47 Å². The van der Waals surface area contributed by atoms with Crippen molar-refractivity contribution in [2.45, 2.75) is 50.2 Å². The van der Waals surface area contributed by atoms with Gasteiger partial charge in [0, 0.05) is 19.0 Å². The first-order chi connectivity index (χ1) is 9.36. The van der Waals surface area contributed by atoms with Crippen LogP contribution in [-0.4, -0.2) is 48.9 Å². The van der Waals surface area contributed by atoms with Crippen LogP contribution in [0.5, 0.6) is 0 Å². The molecule has 3 fully saturated rings. The maximum atomic E-state index is 5.84. The lowest BCUT2D eigenvalue weighted by Crippen LogP contribution is -2.48. The van der Waals surface area contributed by atoms with Gasteiger partial charge >= 0.3 is 0 Å². The van der Waals surface area contributed by atoms with Crippen molar-refractivity contribution in [2.24, 2.45) is 4.99 Å². The Hall–Kier alpha value is -0.260. The maximum absolute atomic E-state index is 5.84. The van der Waals surface area contributed by atoms with E-state index in [0.717, 1.165) is 50.1 Å². The van der Waals surface area contributed by atoms with Gasteiger partial charge in [0.25, 0.3) is 0 Å². The molecule has 1 N–H and O–H groups in total. The molecule has 0 aromatic heterocycles. The average Bonchev–Trinajstić information content (AvgIpc) is 3.07. The fourth-order valence-electron chi connectivity index (χ4n) is 3.04. The van der Waals surface area contributed by atoms with Crippen LogP contribution in [0, 0.1) is 0 Å². The molecule has 2 heterocycles. The second kappa shape index (κ2) is 6.46. The number of rotatable bonds is 4. The van der Waals surface area contributed by atoms with Gasteiger partial charge in [-0.3, -0.25) is 4.99 Å². The molecule has 2 aliphatic heterocycles. The zero-order valence-corrected chi connectivity index (χ0v) is 12.3. The molecule has 1 saturated carbocycles. The van der Waals surface area contributed by atoms with Gasteiger partial charge in [0.1, 0.15) is 0 Å². The molecule has 0 unspecified atom stereocenters. The van der Waals surface area contributed by atoms with Crippen molar-refractivity contribution in [1.29, 1.82) is 0 Å². The molecular formula is C14H24N2O2S. The van der Waals surface area contributed by atoms with Crippen LogP contribution in [0.4, 0.5) is 0 Å². The molecule has 3 aliphatic rings. The molecule has 1 aliphatic carbocycles. The van der Waals surface area contributed by atoms with E-state index in [1.165, 1.54) is 25.7 Å². The summed E-state index contributed by atoms with van der Waals surface area (Å²) in [5.74, 6) is 1.14. The lowest BCUT2D eigenvalue weighted by molar-refractivity contribution is 0.0553. The molecule has 0 aromatic rings. The standard InChI is InChI=1S/C14H24N2O2S/c1-2-4-12(3-1)18-10-7-15-13-16-14(11-19-13)5-8-17-9-6-14/h12H,1-11H2,(H,15,16). The highest BCUT2D eigenvalue weighted by Crippen LogP contribution is 2.31. The summed E-state index contributed by atoms with van der Waals surface area (Å²) >= 11 is 1.86. The van der Waals surface area contributed by atoms with Crippen LogP contribution in [0.15, 0.2) is 4.99 Å². The van der Waals surface area contributed by atoms with E-state index in [2.05, 4.69) is 10.3 Å². The molecule has 3 rings (SSSR count). The molecule has 5 heteroatoms. The van der Waals surface area contributed by atoms with Crippen LogP contribution in [0.3, 0.4) is 0 Å². The Balaban J connectivity index is 1.38. The van der Waals surface area contributed by atoms with Gasteiger partial charge in [-0.15, -0.1) is 0 Å². The molecule has 0 radical (unpaired) electrons. The minimum absolute atomic E-state index is 0.258. The smallest absolute Gasteiger partial charge is 0.157 e. The van der Waals surface area contributed by atoms with Crippen molar-refractivity contribution in [3.63, 3.8) is 0 Å². The second-order valence-electron chi connectivity index (χ2n) is 5.77. The summed E-state index contributed by atoms with van der Waals surface area (Å²) in [4.78, 5) is 4.64. The summed E-state index contributed by atoms with van der Waals surface area (Å²) in [5, 5.41) is 4.72. The first-order valence-corrected chi connectivity index (χ1v) is 8.50.